The number of carbonyl (C=O) groups excluding carboxylic acids is 1. The van der Waals surface area contributed by atoms with Gasteiger partial charge in [-0.1, -0.05) is 17.7 Å². The number of nitrogens with zero attached hydrogens (tertiary/aromatic N) is 3. The van der Waals surface area contributed by atoms with Gasteiger partial charge in [-0.15, -0.1) is 0 Å². The van der Waals surface area contributed by atoms with Crippen molar-refractivity contribution in [2.24, 2.45) is 0 Å². The first-order chi connectivity index (χ1) is 14.5. The molecular weight excluding hydrogens is 378 g/mol. The molecule has 0 radical (unpaired) electrons. The molecule has 0 unspecified atom stereocenters. The monoisotopic (exact) mass is 399 g/mol. The Kier molecular flexibility index (Phi) is 5.43. The van der Waals surface area contributed by atoms with E-state index >= 15 is 0 Å². The smallest absolute Gasteiger partial charge is 0.323 e. The lowest BCUT2D eigenvalue weighted by Crippen LogP contribution is -2.19. The van der Waals surface area contributed by atoms with Gasteiger partial charge in [0.2, 0.25) is 5.88 Å². The fourth-order valence-corrected chi connectivity index (χ4v) is 2.85. The second-order valence-electron chi connectivity index (χ2n) is 6.77. The molecule has 2 N–H and O–H groups in total. The Labute approximate surface area is 174 Å². The summed E-state index contributed by atoms with van der Waals surface area (Å²) in [4.78, 5) is 20.9. The summed E-state index contributed by atoms with van der Waals surface area (Å²) in [7, 11) is 0. The summed E-state index contributed by atoms with van der Waals surface area (Å²) >= 11 is 0. The maximum absolute atomic E-state index is 12.2. The summed E-state index contributed by atoms with van der Waals surface area (Å²) in [6, 6.07) is 20.0. The highest BCUT2D eigenvalue weighted by Crippen LogP contribution is 2.23. The van der Waals surface area contributed by atoms with Gasteiger partial charge in [-0.05, 0) is 62.4 Å². The van der Waals surface area contributed by atoms with E-state index in [0.717, 1.165) is 17.1 Å². The molecule has 0 bridgehead atoms. The van der Waals surface area contributed by atoms with Crippen molar-refractivity contribution in [1.29, 1.82) is 0 Å². The molecule has 0 saturated heterocycles. The third kappa shape index (κ3) is 4.82. The van der Waals surface area contributed by atoms with E-state index < -0.39 is 0 Å². The van der Waals surface area contributed by atoms with Gasteiger partial charge in [0.25, 0.3) is 0 Å². The number of hydrogen-bond acceptors (Lipinski definition) is 4. The Morgan fingerprint density at radius 1 is 0.867 bits per heavy atom. The van der Waals surface area contributed by atoms with Crippen molar-refractivity contribution in [3.05, 3.63) is 90.5 Å². The van der Waals surface area contributed by atoms with Crippen LogP contribution in [0.1, 0.15) is 11.4 Å². The number of hydrogen-bond donors (Lipinski definition) is 2. The average Bonchev–Trinajstić information content (AvgIpc) is 3.26. The summed E-state index contributed by atoms with van der Waals surface area (Å²) in [6.07, 6.45) is 3.82. The van der Waals surface area contributed by atoms with Gasteiger partial charge < -0.3 is 19.9 Å². The lowest BCUT2D eigenvalue weighted by Gasteiger charge is -2.10. The number of carbonyl (C=O) groups is 1. The van der Waals surface area contributed by atoms with Crippen molar-refractivity contribution in [2.75, 3.05) is 10.6 Å². The predicted molar refractivity (Wildman–Crippen MR) is 116 cm³/mol. The number of aromatic nitrogens is 3. The van der Waals surface area contributed by atoms with Gasteiger partial charge in [0.15, 0.2) is 0 Å². The first-order valence-corrected chi connectivity index (χ1v) is 9.47. The van der Waals surface area contributed by atoms with Gasteiger partial charge >= 0.3 is 6.03 Å². The van der Waals surface area contributed by atoms with Crippen LogP contribution in [0.2, 0.25) is 0 Å². The van der Waals surface area contributed by atoms with Crippen LogP contribution in [-0.2, 0) is 0 Å². The van der Waals surface area contributed by atoms with Gasteiger partial charge in [0.05, 0.1) is 0 Å². The molecule has 2 aromatic heterocycles. The van der Waals surface area contributed by atoms with Crippen LogP contribution in [0.5, 0.6) is 11.6 Å². The van der Waals surface area contributed by atoms with Crippen molar-refractivity contribution >= 4 is 17.4 Å². The lowest BCUT2D eigenvalue weighted by molar-refractivity contribution is 0.262. The largest absolute Gasteiger partial charge is 0.439 e. The maximum Gasteiger partial charge on any atom is 0.323 e. The Morgan fingerprint density at radius 2 is 1.47 bits per heavy atom. The first kappa shape index (κ1) is 19.2. The number of ether oxygens (including phenoxy) is 1. The summed E-state index contributed by atoms with van der Waals surface area (Å²) in [5, 5.41) is 5.60. The molecular formula is C23H21N5O2. The minimum absolute atomic E-state index is 0.310. The number of amides is 2. The van der Waals surface area contributed by atoms with E-state index in [9.17, 15) is 4.79 Å². The van der Waals surface area contributed by atoms with Crippen molar-refractivity contribution in [3.63, 3.8) is 0 Å². The van der Waals surface area contributed by atoms with Crippen LogP contribution in [0.15, 0.2) is 79.1 Å². The van der Waals surface area contributed by atoms with Gasteiger partial charge in [-0.25, -0.2) is 9.78 Å². The molecule has 0 aliphatic carbocycles. The Morgan fingerprint density at radius 3 is 2.10 bits per heavy atom. The zero-order chi connectivity index (χ0) is 20.9. The van der Waals surface area contributed by atoms with Crippen molar-refractivity contribution in [3.8, 4) is 17.4 Å². The normalized spacial score (nSPS) is 10.5. The third-order valence-corrected chi connectivity index (χ3v) is 4.31. The van der Waals surface area contributed by atoms with Gasteiger partial charge in [-0.2, -0.15) is 4.98 Å². The maximum atomic E-state index is 12.2. The molecule has 0 spiro atoms. The zero-order valence-corrected chi connectivity index (χ0v) is 16.7. The first-order valence-electron chi connectivity index (χ1n) is 9.47. The fourth-order valence-electron chi connectivity index (χ4n) is 2.85. The summed E-state index contributed by atoms with van der Waals surface area (Å²) < 4.78 is 7.76. The van der Waals surface area contributed by atoms with Gasteiger partial charge in [-0.3, -0.25) is 0 Å². The second kappa shape index (κ2) is 8.48. The highest BCUT2D eigenvalue weighted by Gasteiger charge is 2.07. The summed E-state index contributed by atoms with van der Waals surface area (Å²) in [5.41, 5.74) is 2.52. The molecule has 0 aliphatic rings. The highest BCUT2D eigenvalue weighted by molar-refractivity contribution is 5.99. The molecule has 7 heteroatoms. The van der Waals surface area contributed by atoms with E-state index in [-0.39, 0.29) is 6.03 Å². The number of nitrogens with one attached hydrogen (secondary N) is 2. The molecule has 4 aromatic rings. The molecule has 4 rings (SSSR count). The van der Waals surface area contributed by atoms with Crippen LogP contribution < -0.4 is 15.4 Å². The number of urea groups is 1. The van der Waals surface area contributed by atoms with Crippen LogP contribution in [0.4, 0.5) is 16.2 Å². The summed E-state index contributed by atoms with van der Waals surface area (Å²) in [6.45, 7) is 3.82. The van der Waals surface area contributed by atoms with Crippen molar-refractivity contribution < 1.29 is 9.53 Å². The van der Waals surface area contributed by atoms with Crippen LogP contribution in [-0.4, -0.2) is 20.6 Å². The minimum Gasteiger partial charge on any atom is -0.439 e. The third-order valence-electron chi connectivity index (χ3n) is 4.31. The average molecular weight is 399 g/mol. The van der Waals surface area contributed by atoms with E-state index in [2.05, 4.69) is 20.6 Å². The molecule has 2 amide bonds. The number of aryl methyl sites for hydroxylation is 2. The molecule has 2 aromatic carbocycles. The van der Waals surface area contributed by atoms with Crippen LogP contribution >= 0.6 is 0 Å². The van der Waals surface area contributed by atoms with Crippen LogP contribution in [0.25, 0.3) is 5.82 Å². The standard InChI is InChI=1S/C23H21N5O2/c1-16-5-7-18(8-6-16)26-23(29)27-19-9-11-20(12-10-19)30-22-15-21(24-17(2)25-22)28-13-3-4-14-28/h3-15H,1-2H3,(H2,26,27,29). The quantitative estimate of drug-likeness (QED) is 0.476. The van der Waals surface area contributed by atoms with E-state index in [1.54, 1.807) is 30.3 Å². The van der Waals surface area contributed by atoms with Crippen molar-refractivity contribution in [2.45, 2.75) is 13.8 Å². The molecule has 0 fully saturated rings. The Hall–Kier alpha value is -4.13. The molecule has 150 valence electrons. The predicted octanol–water partition coefficient (Wildman–Crippen LogP) is 5.32. The molecule has 30 heavy (non-hydrogen) atoms. The van der Waals surface area contributed by atoms with E-state index in [1.165, 1.54) is 0 Å². The molecule has 0 aliphatic heterocycles. The SMILES string of the molecule is Cc1ccc(NC(=O)Nc2ccc(Oc3cc(-n4cccc4)nc(C)n3)cc2)cc1. The Balaban J connectivity index is 1.40. The fraction of sp³-hybridized carbons (Fsp3) is 0.0870. The van der Waals surface area contributed by atoms with Crippen molar-refractivity contribution in [1.82, 2.24) is 14.5 Å². The van der Waals surface area contributed by atoms with Gasteiger partial charge in [0.1, 0.15) is 17.4 Å². The number of rotatable bonds is 5. The lowest BCUT2D eigenvalue weighted by atomic mass is 10.2. The second-order valence-corrected chi connectivity index (χ2v) is 6.77. The van der Waals surface area contributed by atoms with Gasteiger partial charge in [0, 0.05) is 29.8 Å². The molecule has 0 saturated carbocycles. The van der Waals surface area contributed by atoms with E-state index in [0.29, 0.717) is 23.1 Å². The van der Waals surface area contributed by atoms with E-state index in [1.807, 2.05) is 67.2 Å². The van der Waals surface area contributed by atoms with E-state index in [4.69, 9.17) is 4.74 Å². The molecule has 2 heterocycles. The molecule has 0 atom stereocenters. The Bertz CT molecular complexity index is 1140. The summed E-state index contributed by atoms with van der Waals surface area (Å²) in [5.74, 6) is 2.40. The zero-order valence-electron chi connectivity index (χ0n) is 16.7. The van der Waals surface area contributed by atoms with Crippen LogP contribution in [0.3, 0.4) is 0 Å². The molecule has 7 nitrogen and oxygen atoms in total. The van der Waals surface area contributed by atoms with Crippen LogP contribution in [0, 0.1) is 13.8 Å². The number of benzene rings is 2. The highest BCUT2D eigenvalue weighted by atomic mass is 16.5. The number of anilines is 2. The minimum atomic E-state index is -0.310. The topological polar surface area (TPSA) is 81.1 Å².